The topological polar surface area (TPSA) is 85.2 Å². The molecule has 1 saturated carbocycles. The third kappa shape index (κ3) is 5.54. The smallest absolute Gasteiger partial charge is 0.233 e. The van der Waals surface area contributed by atoms with Gasteiger partial charge in [-0.2, -0.15) is 0 Å². The molecule has 1 aromatic heterocycles. The van der Waals surface area contributed by atoms with E-state index < -0.39 is 9.84 Å². The molecule has 1 aliphatic heterocycles. The van der Waals surface area contributed by atoms with Gasteiger partial charge in [0.25, 0.3) is 0 Å². The molecule has 1 atom stereocenters. The molecule has 9 heteroatoms. The molecular formula is C23H32N4O3S2. The number of rotatable bonds is 8. The Balaban J connectivity index is 1.49. The van der Waals surface area contributed by atoms with Crippen LogP contribution >= 0.6 is 11.8 Å². The van der Waals surface area contributed by atoms with Crippen LogP contribution in [0, 0.1) is 0 Å². The van der Waals surface area contributed by atoms with Crippen LogP contribution in [0.2, 0.25) is 0 Å². The Labute approximate surface area is 194 Å². The summed E-state index contributed by atoms with van der Waals surface area (Å²) in [5, 5.41) is 5.36. The molecule has 0 spiro atoms. The minimum atomic E-state index is -3.03. The van der Waals surface area contributed by atoms with Crippen molar-refractivity contribution in [3.05, 3.63) is 36.2 Å². The Morgan fingerprint density at radius 2 is 1.91 bits per heavy atom. The van der Waals surface area contributed by atoms with Gasteiger partial charge in [0.1, 0.15) is 5.82 Å². The first kappa shape index (κ1) is 23.3. The van der Waals surface area contributed by atoms with E-state index in [0.717, 1.165) is 30.8 Å². The fourth-order valence-corrected chi connectivity index (χ4v) is 7.18. The van der Waals surface area contributed by atoms with Crippen LogP contribution in [0.4, 0.5) is 0 Å². The van der Waals surface area contributed by atoms with Gasteiger partial charge >= 0.3 is 0 Å². The van der Waals surface area contributed by atoms with Crippen molar-refractivity contribution in [1.82, 2.24) is 19.7 Å². The minimum Gasteiger partial charge on any atom is -0.338 e. The van der Waals surface area contributed by atoms with Crippen molar-refractivity contribution in [2.75, 3.05) is 23.8 Å². The van der Waals surface area contributed by atoms with E-state index in [1.807, 2.05) is 41.9 Å². The lowest BCUT2D eigenvalue weighted by Gasteiger charge is -2.27. The second kappa shape index (κ2) is 10.4. The predicted molar refractivity (Wildman–Crippen MR) is 127 cm³/mol. The van der Waals surface area contributed by atoms with Gasteiger partial charge in [0, 0.05) is 18.5 Å². The van der Waals surface area contributed by atoms with Gasteiger partial charge < -0.3 is 4.90 Å². The molecule has 0 radical (unpaired) electrons. The summed E-state index contributed by atoms with van der Waals surface area (Å²) < 4.78 is 25.8. The first-order valence-electron chi connectivity index (χ1n) is 11.6. The zero-order valence-electron chi connectivity index (χ0n) is 18.6. The predicted octanol–water partition coefficient (Wildman–Crippen LogP) is 3.83. The number of thioether (sulfide) groups is 1. The normalized spacial score (nSPS) is 21.0. The average molecular weight is 477 g/mol. The summed E-state index contributed by atoms with van der Waals surface area (Å²) in [6, 6.07) is 9.84. The third-order valence-corrected chi connectivity index (χ3v) is 8.92. The summed E-state index contributed by atoms with van der Waals surface area (Å²) in [7, 11) is -3.03. The number of carbonyl (C=O) groups excluding carboxylic acids is 1. The second-order valence-electron chi connectivity index (χ2n) is 8.77. The van der Waals surface area contributed by atoms with E-state index in [0.29, 0.717) is 24.0 Å². The Hall–Kier alpha value is -1.87. The zero-order valence-corrected chi connectivity index (χ0v) is 20.3. The molecule has 1 aliphatic carbocycles. The molecule has 174 valence electrons. The van der Waals surface area contributed by atoms with E-state index in [1.165, 1.54) is 31.0 Å². The highest BCUT2D eigenvalue weighted by atomic mass is 32.2. The molecular weight excluding hydrogens is 444 g/mol. The number of amides is 1. The third-order valence-electron chi connectivity index (χ3n) is 6.34. The highest BCUT2D eigenvalue weighted by Crippen LogP contribution is 2.34. The number of sulfone groups is 1. The maximum Gasteiger partial charge on any atom is 0.233 e. The summed E-state index contributed by atoms with van der Waals surface area (Å²) in [6.45, 7) is 2.59. The molecule has 0 unspecified atom stereocenters. The van der Waals surface area contributed by atoms with Gasteiger partial charge in [0.15, 0.2) is 9.84 Å². The second-order valence-corrected chi connectivity index (χ2v) is 11.9. The number of nitrogens with zero attached hydrogens (tertiary/aromatic N) is 4. The first-order chi connectivity index (χ1) is 15.5. The summed E-state index contributed by atoms with van der Waals surface area (Å²) in [6.07, 6.45) is 7.28. The van der Waals surface area contributed by atoms with Gasteiger partial charge in [0.2, 0.25) is 11.1 Å². The first-order valence-corrected chi connectivity index (χ1v) is 14.4. The van der Waals surface area contributed by atoms with Crippen molar-refractivity contribution in [2.45, 2.75) is 69.0 Å². The lowest BCUT2D eigenvalue weighted by molar-refractivity contribution is -0.130. The number of hydrogen-bond acceptors (Lipinski definition) is 6. The molecule has 2 heterocycles. The highest BCUT2D eigenvalue weighted by molar-refractivity contribution is 7.99. The molecule has 1 amide bonds. The van der Waals surface area contributed by atoms with E-state index in [1.54, 1.807) is 4.90 Å². The molecule has 7 nitrogen and oxygen atoms in total. The van der Waals surface area contributed by atoms with E-state index in [2.05, 4.69) is 0 Å². The van der Waals surface area contributed by atoms with Crippen molar-refractivity contribution in [1.29, 1.82) is 0 Å². The minimum absolute atomic E-state index is 0.0331. The Kier molecular flexibility index (Phi) is 7.55. The van der Waals surface area contributed by atoms with Gasteiger partial charge in [-0.3, -0.25) is 4.79 Å². The van der Waals surface area contributed by atoms with Gasteiger partial charge in [-0.05, 0) is 37.8 Å². The average Bonchev–Trinajstić information content (AvgIpc) is 3.40. The van der Waals surface area contributed by atoms with Gasteiger partial charge in [0.05, 0.1) is 22.9 Å². The maximum absolute atomic E-state index is 13.0. The van der Waals surface area contributed by atoms with Crippen molar-refractivity contribution >= 4 is 27.5 Å². The van der Waals surface area contributed by atoms with Gasteiger partial charge in [-0.1, -0.05) is 56.1 Å². The number of aromatic nitrogens is 3. The fourth-order valence-electron chi connectivity index (χ4n) is 4.73. The lowest BCUT2D eigenvalue weighted by atomic mass is 9.88. The van der Waals surface area contributed by atoms with Crippen LogP contribution in [-0.4, -0.2) is 63.8 Å². The maximum atomic E-state index is 13.0. The Morgan fingerprint density at radius 3 is 2.56 bits per heavy atom. The monoisotopic (exact) mass is 476 g/mol. The van der Waals surface area contributed by atoms with Crippen molar-refractivity contribution < 1.29 is 13.2 Å². The van der Waals surface area contributed by atoms with E-state index in [-0.39, 0.29) is 29.2 Å². The van der Waals surface area contributed by atoms with Crippen LogP contribution < -0.4 is 0 Å². The molecule has 1 saturated heterocycles. The fraction of sp³-hybridized carbons (Fsp3) is 0.609. The van der Waals surface area contributed by atoms with Crippen LogP contribution in [0.5, 0.6) is 0 Å². The van der Waals surface area contributed by atoms with Crippen LogP contribution in [-0.2, 0) is 14.6 Å². The number of hydrogen-bond donors (Lipinski definition) is 0. The van der Waals surface area contributed by atoms with Crippen molar-refractivity contribution in [3.8, 4) is 5.69 Å². The van der Waals surface area contributed by atoms with E-state index in [4.69, 9.17) is 10.1 Å². The quantitative estimate of drug-likeness (QED) is 0.538. The number of benzene rings is 1. The molecule has 2 aromatic rings. The molecule has 0 N–H and O–H groups in total. The SMILES string of the molecule is CCCN(C(=O)CSc1nc(C2CCCCC2)n(-c2ccccc2)n1)[C@@H]1CCS(=O)(=O)C1. The Morgan fingerprint density at radius 1 is 1.16 bits per heavy atom. The molecule has 4 rings (SSSR count). The van der Waals surface area contributed by atoms with E-state index >= 15 is 0 Å². The zero-order chi connectivity index (χ0) is 22.6. The van der Waals surface area contributed by atoms with Crippen molar-refractivity contribution in [2.24, 2.45) is 0 Å². The standard InChI is InChI=1S/C23H32N4O3S2/c1-2-14-26(20-13-15-32(29,30)17-20)21(28)16-31-23-24-22(18-9-5-3-6-10-18)27(25-23)19-11-7-4-8-12-19/h4,7-8,11-12,18,20H,2-3,5-6,9-10,13-17H2,1H3/t20-/m1/s1. The molecule has 2 aliphatic rings. The molecule has 32 heavy (non-hydrogen) atoms. The summed E-state index contributed by atoms with van der Waals surface area (Å²) >= 11 is 1.35. The highest BCUT2D eigenvalue weighted by Gasteiger charge is 2.34. The van der Waals surface area contributed by atoms with Gasteiger partial charge in [-0.25, -0.2) is 18.1 Å². The lowest BCUT2D eigenvalue weighted by Crippen LogP contribution is -2.42. The summed E-state index contributed by atoms with van der Waals surface area (Å²) in [5.41, 5.74) is 0.988. The van der Waals surface area contributed by atoms with Crippen LogP contribution in [0.25, 0.3) is 5.69 Å². The van der Waals surface area contributed by atoms with Crippen LogP contribution in [0.3, 0.4) is 0 Å². The molecule has 0 bridgehead atoms. The summed E-state index contributed by atoms with van der Waals surface area (Å²) in [4.78, 5) is 19.6. The molecule has 1 aromatic carbocycles. The Bertz CT molecular complexity index is 1020. The summed E-state index contributed by atoms with van der Waals surface area (Å²) in [5.74, 6) is 1.82. The number of carbonyl (C=O) groups is 1. The van der Waals surface area contributed by atoms with E-state index in [9.17, 15) is 13.2 Å². The largest absolute Gasteiger partial charge is 0.338 e. The van der Waals surface area contributed by atoms with Gasteiger partial charge in [-0.15, -0.1) is 5.10 Å². The number of para-hydroxylation sites is 1. The van der Waals surface area contributed by atoms with Crippen molar-refractivity contribution in [3.63, 3.8) is 0 Å². The molecule has 2 fully saturated rings. The van der Waals surface area contributed by atoms with Crippen LogP contribution in [0.1, 0.15) is 63.6 Å². The van der Waals surface area contributed by atoms with Crippen LogP contribution in [0.15, 0.2) is 35.5 Å².